The Morgan fingerprint density at radius 2 is 1.77 bits per heavy atom. The number of carbonyl (C=O) groups excluding carboxylic acids is 2. The average Bonchev–Trinajstić information content (AvgIpc) is 3.46. The summed E-state index contributed by atoms with van der Waals surface area (Å²) in [5.74, 6) is 0.708. The molecule has 0 radical (unpaired) electrons. The number of hydrogen-bond acceptors (Lipinski definition) is 7. The number of aromatic nitrogens is 2. The third-order valence-corrected chi connectivity index (χ3v) is 5.49. The van der Waals surface area contributed by atoms with Crippen LogP contribution >= 0.6 is 0 Å². The maximum absolute atomic E-state index is 11.7. The number of methoxy groups -OCH3 is 2. The Labute approximate surface area is 238 Å². The van der Waals surface area contributed by atoms with E-state index in [4.69, 9.17) is 9.26 Å². The van der Waals surface area contributed by atoms with Crippen molar-refractivity contribution in [3.8, 4) is 22.8 Å². The van der Waals surface area contributed by atoms with E-state index in [2.05, 4.69) is 21.5 Å². The summed E-state index contributed by atoms with van der Waals surface area (Å²) in [6, 6.07) is 13.2. The maximum atomic E-state index is 11.7. The lowest BCUT2D eigenvalue weighted by Crippen LogP contribution is -1.97. The number of esters is 1. The fraction of sp³-hybridized carbons (Fsp3) is 0.333. The van der Waals surface area contributed by atoms with Crippen molar-refractivity contribution in [2.45, 2.75) is 61.0 Å². The quantitative estimate of drug-likeness (QED) is 0.143. The van der Waals surface area contributed by atoms with Crippen LogP contribution in [0, 0.1) is 0 Å². The van der Waals surface area contributed by atoms with Gasteiger partial charge in [-0.25, -0.2) is 0 Å². The van der Waals surface area contributed by atoms with Gasteiger partial charge in [-0.15, -0.1) is 0 Å². The zero-order chi connectivity index (χ0) is 30.1. The first-order valence-electron chi connectivity index (χ1n) is 13.4. The second-order valence-corrected chi connectivity index (χ2v) is 8.58. The Morgan fingerprint density at radius 1 is 1.05 bits per heavy atom. The van der Waals surface area contributed by atoms with E-state index in [1.54, 1.807) is 19.2 Å². The predicted octanol–water partition coefficient (Wildman–Crippen LogP) is 8.27. The molecule has 2 aromatic carbocycles. The molecule has 0 N–H and O–H groups in total. The molecule has 0 bridgehead atoms. The van der Waals surface area contributed by atoms with Gasteiger partial charge in [0, 0.05) is 30.2 Å². The monoisotopic (exact) mass is 546 g/mol. The first-order valence-corrected chi connectivity index (χ1v) is 13.4. The van der Waals surface area contributed by atoms with Gasteiger partial charge in [0.25, 0.3) is 5.89 Å². The molecule has 214 valence electrons. The highest BCUT2D eigenvalue weighted by Gasteiger charge is 2.15. The lowest BCUT2D eigenvalue weighted by molar-refractivity contribution is -0.140. The molecule has 1 heterocycles. The van der Waals surface area contributed by atoms with Gasteiger partial charge in [-0.1, -0.05) is 80.6 Å². The fourth-order valence-corrected chi connectivity index (χ4v) is 3.56. The number of benzene rings is 2. The van der Waals surface area contributed by atoms with Crippen molar-refractivity contribution in [3.63, 3.8) is 0 Å². The average molecular weight is 547 g/mol. The van der Waals surface area contributed by atoms with Gasteiger partial charge in [0.1, 0.15) is 0 Å². The van der Waals surface area contributed by atoms with Crippen LogP contribution in [0.4, 0.5) is 0 Å². The van der Waals surface area contributed by atoms with Gasteiger partial charge >= 0.3 is 5.97 Å². The lowest BCUT2D eigenvalue weighted by Gasteiger charge is -2.13. The second kappa shape index (κ2) is 18.2. The summed E-state index contributed by atoms with van der Waals surface area (Å²) in [5.41, 5.74) is 6.19. The number of rotatable bonds is 10. The molecule has 0 atom stereocenters. The molecule has 40 heavy (non-hydrogen) atoms. The van der Waals surface area contributed by atoms with Gasteiger partial charge in [-0.3, -0.25) is 9.59 Å². The molecule has 0 aliphatic heterocycles. The zero-order valence-electron chi connectivity index (χ0n) is 25.0. The van der Waals surface area contributed by atoms with Crippen molar-refractivity contribution < 1.29 is 23.6 Å². The van der Waals surface area contributed by atoms with E-state index in [0.29, 0.717) is 30.3 Å². The molecule has 0 aliphatic carbocycles. The molecule has 0 fully saturated rings. The van der Waals surface area contributed by atoms with Gasteiger partial charge in [0.2, 0.25) is 5.82 Å². The molecule has 7 heteroatoms. The van der Waals surface area contributed by atoms with E-state index in [1.807, 2.05) is 83.2 Å². The molecule has 3 aromatic rings. The predicted molar refractivity (Wildman–Crippen MR) is 162 cm³/mol. The normalized spacial score (nSPS) is 10.8. The fourth-order valence-electron chi connectivity index (χ4n) is 3.56. The number of ketones is 1. The van der Waals surface area contributed by atoms with Crippen LogP contribution in [-0.4, -0.2) is 36.1 Å². The number of Topliss-reactive ketones (excluding diaryl/α,β-unsaturated/α-hetero) is 1. The molecule has 0 saturated heterocycles. The van der Waals surface area contributed by atoms with Crippen LogP contribution < -0.4 is 0 Å². The standard InChI is InChI=1S/C26H26N2O3.C5H10O2.C2H6/c1-6-7-11-23(17(2)3)24-13-12-21(15-22(24)16-30-5)26-27-25(28-31-26)20-10-8-9-19(14-20)18(4)29;1-3-4-5(6)7-2;1-2/h6-15H,2,16H2,1,3-5H3;3-4H2,1-2H3;1-2H3/b7-6-,23-11+;;. The van der Waals surface area contributed by atoms with Crippen molar-refractivity contribution in [3.05, 3.63) is 89.5 Å². The molecular formula is C33H42N2O5. The topological polar surface area (TPSA) is 91.5 Å². The summed E-state index contributed by atoms with van der Waals surface area (Å²) in [6.45, 7) is 16.0. The third-order valence-electron chi connectivity index (χ3n) is 5.49. The Hall–Kier alpha value is -4.10. The highest BCUT2D eigenvalue weighted by atomic mass is 16.5. The summed E-state index contributed by atoms with van der Waals surface area (Å²) < 4.78 is 15.3. The van der Waals surface area contributed by atoms with Crippen LogP contribution in [0.1, 0.15) is 75.9 Å². The maximum Gasteiger partial charge on any atom is 0.305 e. The SMILES string of the molecule is C=C(C)/C(=C\C=C/C)c1ccc(-c2nc(-c3cccc(C(C)=O)c3)no2)cc1COC.CC.CCCC(=O)OC. The summed E-state index contributed by atoms with van der Waals surface area (Å²) in [7, 11) is 3.07. The molecule has 7 nitrogen and oxygen atoms in total. The molecule has 0 spiro atoms. The van der Waals surface area contributed by atoms with E-state index >= 15 is 0 Å². The van der Waals surface area contributed by atoms with Crippen molar-refractivity contribution >= 4 is 17.3 Å². The zero-order valence-corrected chi connectivity index (χ0v) is 25.0. The third kappa shape index (κ3) is 10.2. The van der Waals surface area contributed by atoms with Gasteiger partial charge < -0.3 is 14.0 Å². The van der Waals surface area contributed by atoms with Crippen LogP contribution in [-0.2, 0) is 20.9 Å². The first-order chi connectivity index (χ1) is 19.2. The summed E-state index contributed by atoms with van der Waals surface area (Å²) in [4.78, 5) is 26.4. The lowest BCUT2D eigenvalue weighted by atomic mass is 9.93. The Bertz CT molecular complexity index is 1320. The van der Waals surface area contributed by atoms with Crippen LogP contribution in [0.2, 0.25) is 0 Å². The van der Waals surface area contributed by atoms with Gasteiger partial charge in [0.15, 0.2) is 5.78 Å². The van der Waals surface area contributed by atoms with Crippen LogP contribution in [0.3, 0.4) is 0 Å². The second-order valence-electron chi connectivity index (χ2n) is 8.58. The number of carbonyl (C=O) groups is 2. The smallest absolute Gasteiger partial charge is 0.305 e. The van der Waals surface area contributed by atoms with E-state index < -0.39 is 0 Å². The number of ether oxygens (including phenoxy) is 2. The van der Waals surface area contributed by atoms with Crippen LogP contribution in [0.25, 0.3) is 28.4 Å². The molecule has 0 amide bonds. The molecule has 0 saturated carbocycles. The number of nitrogens with zero attached hydrogens (tertiary/aromatic N) is 2. The molecular weight excluding hydrogens is 504 g/mol. The summed E-state index contributed by atoms with van der Waals surface area (Å²) in [5, 5.41) is 4.10. The Morgan fingerprint density at radius 3 is 2.33 bits per heavy atom. The van der Waals surface area contributed by atoms with E-state index in [1.165, 1.54) is 14.0 Å². The Kier molecular flexibility index (Phi) is 15.5. The molecule has 3 rings (SSSR count). The first kappa shape index (κ1) is 33.9. The minimum absolute atomic E-state index is 0.00958. The largest absolute Gasteiger partial charge is 0.469 e. The molecule has 0 aliphatic rings. The van der Waals surface area contributed by atoms with Gasteiger partial charge in [-0.2, -0.15) is 4.98 Å². The minimum atomic E-state index is -0.123. The van der Waals surface area contributed by atoms with Crippen molar-refractivity contribution in [2.75, 3.05) is 14.2 Å². The van der Waals surface area contributed by atoms with Gasteiger partial charge in [-0.05, 0) is 62.1 Å². The summed E-state index contributed by atoms with van der Waals surface area (Å²) in [6.07, 6.45) is 7.43. The Balaban J connectivity index is 0.000000775. The van der Waals surface area contributed by atoms with Gasteiger partial charge in [0.05, 0.1) is 13.7 Å². The highest BCUT2D eigenvalue weighted by Crippen LogP contribution is 2.30. The van der Waals surface area contributed by atoms with E-state index in [0.717, 1.165) is 39.8 Å². The minimum Gasteiger partial charge on any atom is -0.469 e. The van der Waals surface area contributed by atoms with Crippen LogP contribution in [0.15, 0.2) is 77.4 Å². The van der Waals surface area contributed by atoms with E-state index in [9.17, 15) is 9.59 Å². The van der Waals surface area contributed by atoms with Crippen LogP contribution in [0.5, 0.6) is 0 Å². The van der Waals surface area contributed by atoms with Crippen molar-refractivity contribution in [1.82, 2.24) is 10.1 Å². The number of allylic oxidation sites excluding steroid dienone is 5. The highest BCUT2D eigenvalue weighted by molar-refractivity contribution is 5.95. The van der Waals surface area contributed by atoms with E-state index in [-0.39, 0.29) is 11.8 Å². The summed E-state index contributed by atoms with van der Waals surface area (Å²) >= 11 is 0. The molecule has 1 aromatic heterocycles. The molecule has 0 unspecified atom stereocenters. The van der Waals surface area contributed by atoms with Crippen molar-refractivity contribution in [2.24, 2.45) is 0 Å². The number of hydrogen-bond donors (Lipinski definition) is 0. The van der Waals surface area contributed by atoms with Crippen molar-refractivity contribution in [1.29, 1.82) is 0 Å².